The maximum atomic E-state index is 12.2. The summed E-state index contributed by atoms with van der Waals surface area (Å²) >= 11 is 0. The van der Waals surface area contributed by atoms with E-state index in [4.69, 9.17) is 6.42 Å². The smallest absolute Gasteiger partial charge is 0.268 e. The molecule has 0 bridgehead atoms. The van der Waals surface area contributed by atoms with E-state index in [0.29, 0.717) is 44.3 Å². The zero-order chi connectivity index (χ0) is 16.3. The van der Waals surface area contributed by atoms with Crippen LogP contribution in [0.1, 0.15) is 54.2 Å². The average Bonchev–Trinajstić information content (AvgIpc) is 3.18. The number of nitrogens with one attached hydrogen (secondary N) is 3. The van der Waals surface area contributed by atoms with Crippen LogP contribution in [-0.4, -0.2) is 29.0 Å². The normalized spacial score (nSPS) is 20.8. The number of carbonyl (C=O) groups is 2. The van der Waals surface area contributed by atoms with Crippen LogP contribution in [0, 0.1) is 12.3 Å². The highest BCUT2D eigenvalue weighted by Gasteiger charge is 2.39. The fourth-order valence-electron chi connectivity index (χ4n) is 2.84. The number of hydrogen-bond donors (Lipinski definition) is 3. The Kier molecular flexibility index (Phi) is 4.15. The van der Waals surface area contributed by atoms with E-state index < -0.39 is 5.66 Å². The van der Waals surface area contributed by atoms with E-state index >= 15 is 0 Å². The largest absolute Gasteiger partial charge is 0.357 e. The zero-order valence-corrected chi connectivity index (χ0v) is 12.8. The van der Waals surface area contributed by atoms with Crippen LogP contribution in [0.4, 0.5) is 0 Å². The molecule has 0 saturated heterocycles. The summed E-state index contributed by atoms with van der Waals surface area (Å²) in [6.45, 7) is 0.531. The van der Waals surface area contributed by atoms with E-state index in [9.17, 15) is 9.59 Å². The molecule has 7 heteroatoms. The lowest BCUT2D eigenvalue weighted by molar-refractivity contribution is -0.122. The molecule has 3 rings (SSSR count). The minimum absolute atomic E-state index is 0.0612. The number of nitrogens with zero attached hydrogens (tertiary/aromatic N) is 2. The summed E-state index contributed by atoms with van der Waals surface area (Å²) in [5, 5.41) is 13.9. The second-order valence-electron chi connectivity index (χ2n) is 5.86. The van der Waals surface area contributed by atoms with Crippen molar-refractivity contribution in [2.24, 2.45) is 10.2 Å². The molecule has 0 spiro atoms. The van der Waals surface area contributed by atoms with Crippen molar-refractivity contribution >= 4 is 11.8 Å². The molecule has 7 nitrogen and oxygen atoms in total. The SMILES string of the molecule is C#CCCC1(CCC(=O)NC2CCNC(=O)c3[nH]ccc32)N=N1. The molecule has 2 aliphatic heterocycles. The zero-order valence-electron chi connectivity index (χ0n) is 12.8. The summed E-state index contributed by atoms with van der Waals surface area (Å²) < 4.78 is 0. The first kappa shape index (κ1) is 15.3. The fourth-order valence-corrected chi connectivity index (χ4v) is 2.84. The molecule has 2 aliphatic rings. The van der Waals surface area contributed by atoms with Gasteiger partial charge in [0, 0.05) is 44.0 Å². The number of hydrogen-bond acceptors (Lipinski definition) is 4. The Balaban J connectivity index is 1.55. The van der Waals surface area contributed by atoms with Gasteiger partial charge in [-0.25, -0.2) is 0 Å². The predicted octanol–water partition coefficient (Wildman–Crippen LogP) is 1.66. The second kappa shape index (κ2) is 6.24. The number of aromatic amines is 1. The standard InChI is InChI=1S/C16H19N5O2/c1-2-3-7-16(20-21-16)8-4-13(22)19-12-6-10-18-15(23)14-11(12)5-9-17-14/h1,5,9,12,17H,3-4,6-8,10H2,(H,18,23)(H,19,22). The molecule has 2 amide bonds. The van der Waals surface area contributed by atoms with Crippen molar-refractivity contribution in [1.29, 1.82) is 0 Å². The van der Waals surface area contributed by atoms with Gasteiger partial charge < -0.3 is 15.6 Å². The number of amides is 2. The molecule has 120 valence electrons. The third-order valence-corrected chi connectivity index (χ3v) is 4.24. The highest BCUT2D eigenvalue weighted by atomic mass is 16.2. The molecule has 23 heavy (non-hydrogen) atoms. The minimum Gasteiger partial charge on any atom is -0.357 e. The Hall–Kier alpha value is -2.62. The quantitative estimate of drug-likeness (QED) is 0.696. The molecule has 3 heterocycles. The number of rotatable bonds is 6. The number of carbonyl (C=O) groups excluding carboxylic acids is 2. The summed E-state index contributed by atoms with van der Waals surface area (Å²) in [5.41, 5.74) is 0.908. The first-order valence-corrected chi connectivity index (χ1v) is 7.76. The highest BCUT2D eigenvalue weighted by molar-refractivity contribution is 5.94. The van der Waals surface area contributed by atoms with Gasteiger partial charge in [0.25, 0.3) is 5.91 Å². The molecular weight excluding hydrogens is 294 g/mol. The van der Waals surface area contributed by atoms with Crippen molar-refractivity contribution < 1.29 is 9.59 Å². The van der Waals surface area contributed by atoms with Gasteiger partial charge in [0.2, 0.25) is 5.91 Å². The van der Waals surface area contributed by atoms with Gasteiger partial charge in [0.05, 0.1) is 6.04 Å². The Morgan fingerprint density at radius 3 is 3.04 bits per heavy atom. The average molecular weight is 313 g/mol. The summed E-state index contributed by atoms with van der Waals surface area (Å²) in [7, 11) is 0. The molecule has 1 unspecified atom stereocenters. The number of H-pyrrole nitrogens is 1. The Morgan fingerprint density at radius 1 is 1.48 bits per heavy atom. The summed E-state index contributed by atoms with van der Waals surface area (Å²) in [6.07, 6.45) is 9.86. The minimum atomic E-state index is -0.441. The van der Waals surface area contributed by atoms with Crippen molar-refractivity contribution in [3.05, 3.63) is 23.5 Å². The van der Waals surface area contributed by atoms with E-state index in [2.05, 4.69) is 31.8 Å². The Bertz CT molecular complexity index is 679. The van der Waals surface area contributed by atoms with Gasteiger partial charge in [-0.15, -0.1) is 12.3 Å². The lowest BCUT2D eigenvalue weighted by atomic mass is 10.0. The number of terminal acetylenes is 1. The van der Waals surface area contributed by atoms with Gasteiger partial charge in [0.15, 0.2) is 5.66 Å². The first-order valence-electron chi connectivity index (χ1n) is 7.76. The van der Waals surface area contributed by atoms with Crippen LogP contribution in [-0.2, 0) is 4.79 Å². The predicted molar refractivity (Wildman–Crippen MR) is 83.5 cm³/mol. The van der Waals surface area contributed by atoms with Crippen molar-refractivity contribution in [2.45, 2.75) is 43.8 Å². The van der Waals surface area contributed by atoms with Crippen LogP contribution in [0.2, 0.25) is 0 Å². The molecule has 0 aliphatic carbocycles. The van der Waals surface area contributed by atoms with Crippen LogP contribution < -0.4 is 10.6 Å². The third-order valence-electron chi connectivity index (χ3n) is 4.24. The highest BCUT2D eigenvalue weighted by Crippen LogP contribution is 2.37. The lowest BCUT2D eigenvalue weighted by Gasteiger charge is -2.17. The third kappa shape index (κ3) is 3.42. The Labute approximate surface area is 134 Å². The number of aromatic nitrogens is 1. The summed E-state index contributed by atoms with van der Waals surface area (Å²) in [6, 6.07) is 1.67. The van der Waals surface area contributed by atoms with Gasteiger partial charge in [-0.1, -0.05) is 0 Å². The summed E-state index contributed by atoms with van der Waals surface area (Å²) in [5.74, 6) is 2.38. The van der Waals surface area contributed by atoms with Gasteiger partial charge in [-0.2, -0.15) is 10.2 Å². The Morgan fingerprint density at radius 2 is 2.30 bits per heavy atom. The van der Waals surface area contributed by atoms with Gasteiger partial charge in [-0.3, -0.25) is 9.59 Å². The monoisotopic (exact) mass is 313 g/mol. The van der Waals surface area contributed by atoms with Crippen LogP contribution in [0.15, 0.2) is 22.5 Å². The molecule has 0 radical (unpaired) electrons. The van der Waals surface area contributed by atoms with E-state index in [0.717, 1.165) is 5.56 Å². The van der Waals surface area contributed by atoms with Crippen LogP contribution in [0.5, 0.6) is 0 Å². The maximum absolute atomic E-state index is 12.2. The van der Waals surface area contributed by atoms with E-state index in [1.165, 1.54) is 0 Å². The van der Waals surface area contributed by atoms with Gasteiger partial charge in [-0.05, 0) is 12.5 Å². The lowest BCUT2D eigenvalue weighted by Crippen LogP contribution is -2.30. The van der Waals surface area contributed by atoms with Crippen LogP contribution >= 0.6 is 0 Å². The maximum Gasteiger partial charge on any atom is 0.268 e. The van der Waals surface area contributed by atoms with E-state index in [1.54, 1.807) is 6.20 Å². The van der Waals surface area contributed by atoms with Crippen LogP contribution in [0.3, 0.4) is 0 Å². The fraction of sp³-hybridized carbons (Fsp3) is 0.500. The molecule has 1 atom stereocenters. The molecule has 0 fully saturated rings. The molecule has 3 N–H and O–H groups in total. The van der Waals surface area contributed by atoms with Crippen molar-refractivity contribution in [3.63, 3.8) is 0 Å². The molecule has 0 saturated carbocycles. The molecule has 1 aromatic heterocycles. The van der Waals surface area contributed by atoms with Crippen LogP contribution in [0.25, 0.3) is 0 Å². The van der Waals surface area contributed by atoms with E-state index in [1.807, 2.05) is 6.07 Å². The van der Waals surface area contributed by atoms with Crippen molar-refractivity contribution in [3.8, 4) is 12.3 Å². The van der Waals surface area contributed by atoms with Crippen molar-refractivity contribution in [2.75, 3.05) is 6.54 Å². The first-order chi connectivity index (χ1) is 11.1. The van der Waals surface area contributed by atoms with Crippen molar-refractivity contribution in [1.82, 2.24) is 15.6 Å². The summed E-state index contributed by atoms with van der Waals surface area (Å²) in [4.78, 5) is 27.0. The molecular formula is C16H19N5O2. The topological polar surface area (TPSA) is 98.7 Å². The second-order valence-corrected chi connectivity index (χ2v) is 5.86. The van der Waals surface area contributed by atoms with E-state index in [-0.39, 0.29) is 17.9 Å². The number of fused-ring (bicyclic) bond motifs is 1. The molecule has 0 aromatic carbocycles. The van der Waals surface area contributed by atoms with Gasteiger partial charge >= 0.3 is 0 Å². The molecule has 1 aromatic rings. The van der Waals surface area contributed by atoms with Gasteiger partial charge in [0.1, 0.15) is 5.69 Å².